The predicted octanol–water partition coefficient (Wildman–Crippen LogP) is 2.08. The van der Waals surface area contributed by atoms with E-state index in [0.29, 0.717) is 6.42 Å². The van der Waals surface area contributed by atoms with Gasteiger partial charge in [-0.05, 0) is 36.9 Å². The molecule has 0 radical (unpaired) electrons. The number of nitrogens with zero attached hydrogens (tertiary/aromatic N) is 5. The Morgan fingerprint density at radius 1 is 1.04 bits per heavy atom. The van der Waals surface area contributed by atoms with Crippen LogP contribution in [0.3, 0.4) is 0 Å². The van der Waals surface area contributed by atoms with Gasteiger partial charge in [0, 0.05) is 38.8 Å². The summed E-state index contributed by atoms with van der Waals surface area (Å²) < 4.78 is 7.11. The molecule has 1 aromatic carbocycles. The van der Waals surface area contributed by atoms with Crippen LogP contribution in [0, 0.1) is 0 Å². The van der Waals surface area contributed by atoms with Gasteiger partial charge in [0.1, 0.15) is 5.75 Å². The average Bonchev–Trinajstić information content (AvgIpc) is 3.05. The van der Waals surface area contributed by atoms with E-state index in [2.05, 4.69) is 40.1 Å². The van der Waals surface area contributed by atoms with Crippen molar-refractivity contribution in [3.05, 3.63) is 54.0 Å². The van der Waals surface area contributed by atoms with Crippen LogP contribution >= 0.6 is 0 Å². The predicted molar refractivity (Wildman–Crippen MR) is 98.5 cm³/mol. The van der Waals surface area contributed by atoms with Crippen molar-refractivity contribution in [1.82, 2.24) is 19.5 Å². The van der Waals surface area contributed by atoms with Gasteiger partial charge in [0.05, 0.1) is 12.8 Å². The van der Waals surface area contributed by atoms with E-state index in [0.717, 1.165) is 43.4 Å². The lowest BCUT2D eigenvalue weighted by molar-refractivity contribution is 0.313. The third kappa shape index (κ3) is 3.30. The van der Waals surface area contributed by atoms with Gasteiger partial charge in [-0.3, -0.25) is 0 Å². The number of benzene rings is 1. The lowest BCUT2D eigenvalue weighted by Gasteiger charge is -2.33. The zero-order valence-electron chi connectivity index (χ0n) is 14.7. The lowest BCUT2D eigenvalue weighted by atomic mass is 10.1. The standard InChI is InChI=1S/C19H23N5O/c1-22-10-12-23(13-11-22)17-4-3-9-24-19(17)20-18(21-24)14-15-5-7-16(25-2)8-6-15/h3-9H,10-14H2,1-2H3. The molecule has 4 rings (SSSR count). The van der Waals surface area contributed by atoms with Crippen molar-refractivity contribution < 1.29 is 4.74 Å². The van der Waals surface area contributed by atoms with Gasteiger partial charge < -0.3 is 14.5 Å². The second-order valence-electron chi connectivity index (χ2n) is 6.50. The first-order valence-electron chi connectivity index (χ1n) is 8.63. The minimum absolute atomic E-state index is 0.716. The van der Waals surface area contributed by atoms with Crippen LogP contribution in [0.15, 0.2) is 42.6 Å². The number of fused-ring (bicyclic) bond motifs is 1. The van der Waals surface area contributed by atoms with Gasteiger partial charge in [0.25, 0.3) is 0 Å². The molecule has 0 bridgehead atoms. The smallest absolute Gasteiger partial charge is 0.178 e. The fraction of sp³-hybridized carbons (Fsp3) is 0.368. The number of methoxy groups -OCH3 is 1. The molecular weight excluding hydrogens is 314 g/mol. The molecule has 25 heavy (non-hydrogen) atoms. The molecule has 1 fully saturated rings. The Kier molecular flexibility index (Phi) is 4.28. The summed E-state index contributed by atoms with van der Waals surface area (Å²) >= 11 is 0. The molecule has 1 saturated heterocycles. The largest absolute Gasteiger partial charge is 0.497 e. The quantitative estimate of drug-likeness (QED) is 0.729. The van der Waals surface area contributed by atoms with Gasteiger partial charge in [-0.25, -0.2) is 9.50 Å². The fourth-order valence-electron chi connectivity index (χ4n) is 3.23. The average molecular weight is 337 g/mol. The summed E-state index contributed by atoms with van der Waals surface area (Å²) in [6.45, 7) is 4.20. The molecule has 2 aromatic heterocycles. The van der Waals surface area contributed by atoms with Gasteiger partial charge in [0.2, 0.25) is 0 Å². The van der Waals surface area contributed by atoms with Gasteiger partial charge in [0.15, 0.2) is 11.5 Å². The van der Waals surface area contributed by atoms with Crippen molar-refractivity contribution >= 4 is 11.3 Å². The number of aromatic nitrogens is 3. The Hall–Kier alpha value is -2.60. The first-order valence-corrected chi connectivity index (χ1v) is 8.63. The Morgan fingerprint density at radius 3 is 2.52 bits per heavy atom. The summed E-state index contributed by atoms with van der Waals surface area (Å²) in [7, 11) is 3.85. The van der Waals surface area contributed by atoms with Gasteiger partial charge in [-0.1, -0.05) is 12.1 Å². The summed E-state index contributed by atoms with van der Waals surface area (Å²) in [6, 6.07) is 12.3. The van der Waals surface area contributed by atoms with E-state index in [4.69, 9.17) is 9.72 Å². The zero-order chi connectivity index (χ0) is 17.2. The minimum atomic E-state index is 0.716. The minimum Gasteiger partial charge on any atom is -0.497 e. The third-order valence-electron chi connectivity index (χ3n) is 4.75. The topological polar surface area (TPSA) is 45.9 Å². The molecule has 1 aliphatic rings. The second kappa shape index (κ2) is 6.72. The van der Waals surface area contributed by atoms with Crippen molar-refractivity contribution in [2.24, 2.45) is 0 Å². The Labute approximate surface area is 147 Å². The van der Waals surface area contributed by atoms with Crippen LogP contribution in [0.2, 0.25) is 0 Å². The number of likely N-dealkylation sites (N-methyl/N-ethyl adjacent to an activating group) is 1. The Morgan fingerprint density at radius 2 is 1.80 bits per heavy atom. The molecule has 130 valence electrons. The number of rotatable bonds is 4. The molecular formula is C19H23N5O. The van der Waals surface area contributed by atoms with Crippen LogP contribution in [0.5, 0.6) is 5.75 Å². The van der Waals surface area contributed by atoms with Crippen LogP contribution in [0.4, 0.5) is 5.69 Å². The summed E-state index contributed by atoms with van der Waals surface area (Å²) in [4.78, 5) is 9.57. The van der Waals surface area contributed by atoms with Crippen molar-refractivity contribution in [3.63, 3.8) is 0 Å². The van der Waals surface area contributed by atoms with E-state index in [1.807, 2.05) is 28.9 Å². The number of pyridine rings is 1. The maximum atomic E-state index is 5.21. The Balaban J connectivity index is 1.60. The van der Waals surface area contributed by atoms with E-state index in [1.54, 1.807) is 7.11 Å². The number of ether oxygens (including phenoxy) is 1. The van der Waals surface area contributed by atoms with Crippen molar-refractivity contribution in [1.29, 1.82) is 0 Å². The van der Waals surface area contributed by atoms with Crippen LogP contribution in [0.25, 0.3) is 5.65 Å². The van der Waals surface area contributed by atoms with Crippen molar-refractivity contribution in [3.8, 4) is 5.75 Å². The highest BCUT2D eigenvalue weighted by molar-refractivity contribution is 5.68. The number of hydrogen-bond acceptors (Lipinski definition) is 5. The van der Waals surface area contributed by atoms with Gasteiger partial charge >= 0.3 is 0 Å². The maximum Gasteiger partial charge on any atom is 0.178 e. The molecule has 0 aliphatic carbocycles. The normalized spacial score (nSPS) is 15.7. The van der Waals surface area contributed by atoms with E-state index in [1.165, 1.54) is 11.3 Å². The number of piperazine rings is 1. The molecule has 1 aliphatic heterocycles. The van der Waals surface area contributed by atoms with E-state index < -0.39 is 0 Å². The van der Waals surface area contributed by atoms with Crippen molar-refractivity contribution in [2.45, 2.75) is 6.42 Å². The monoisotopic (exact) mass is 337 g/mol. The summed E-state index contributed by atoms with van der Waals surface area (Å²) in [6.07, 6.45) is 2.69. The fourth-order valence-corrected chi connectivity index (χ4v) is 3.23. The lowest BCUT2D eigenvalue weighted by Crippen LogP contribution is -2.44. The molecule has 0 N–H and O–H groups in total. The zero-order valence-corrected chi connectivity index (χ0v) is 14.7. The molecule has 0 amide bonds. The van der Waals surface area contributed by atoms with Gasteiger partial charge in [-0.15, -0.1) is 0 Å². The van der Waals surface area contributed by atoms with Crippen LogP contribution in [-0.2, 0) is 6.42 Å². The van der Waals surface area contributed by atoms with Crippen LogP contribution < -0.4 is 9.64 Å². The van der Waals surface area contributed by atoms with E-state index in [-0.39, 0.29) is 0 Å². The second-order valence-corrected chi connectivity index (χ2v) is 6.50. The Bertz CT molecular complexity index is 850. The molecule has 0 spiro atoms. The molecule has 0 atom stereocenters. The number of hydrogen-bond donors (Lipinski definition) is 0. The van der Waals surface area contributed by atoms with Crippen molar-refractivity contribution in [2.75, 3.05) is 45.2 Å². The van der Waals surface area contributed by atoms with E-state index >= 15 is 0 Å². The molecule has 3 aromatic rings. The summed E-state index contributed by atoms with van der Waals surface area (Å²) in [5.41, 5.74) is 3.29. The van der Waals surface area contributed by atoms with Gasteiger partial charge in [-0.2, -0.15) is 5.10 Å². The summed E-state index contributed by atoms with van der Waals surface area (Å²) in [5, 5.41) is 4.66. The molecule has 3 heterocycles. The molecule has 6 nitrogen and oxygen atoms in total. The highest BCUT2D eigenvalue weighted by Crippen LogP contribution is 2.22. The SMILES string of the molecule is COc1ccc(Cc2nc3c(N4CCN(C)CC4)cccn3n2)cc1. The van der Waals surface area contributed by atoms with Crippen LogP contribution in [0.1, 0.15) is 11.4 Å². The first-order chi connectivity index (χ1) is 12.2. The first kappa shape index (κ1) is 15.9. The maximum absolute atomic E-state index is 5.21. The summed E-state index contributed by atoms with van der Waals surface area (Å²) in [5.74, 6) is 1.70. The molecule has 0 unspecified atom stereocenters. The van der Waals surface area contributed by atoms with E-state index in [9.17, 15) is 0 Å². The molecule has 6 heteroatoms. The molecule has 0 saturated carbocycles. The highest BCUT2D eigenvalue weighted by atomic mass is 16.5. The van der Waals surface area contributed by atoms with Crippen LogP contribution in [-0.4, -0.2) is 59.8 Å². The number of anilines is 1. The third-order valence-corrected chi connectivity index (χ3v) is 4.75. The highest BCUT2D eigenvalue weighted by Gasteiger charge is 2.18.